The van der Waals surface area contributed by atoms with Gasteiger partial charge >= 0.3 is 0 Å². The second-order valence-corrected chi connectivity index (χ2v) is 6.32. The molecule has 122 valence electrons. The van der Waals surface area contributed by atoms with E-state index in [0.29, 0.717) is 0 Å². The van der Waals surface area contributed by atoms with E-state index in [1.807, 2.05) is 26.1 Å². The zero-order chi connectivity index (χ0) is 16.2. The molecule has 1 saturated heterocycles. The number of aryl methyl sites for hydroxylation is 2. The largest absolute Gasteiger partial charge is 0.311 e. The Labute approximate surface area is 137 Å². The van der Waals surface area contributed by atoms with Gasteiger partial charge in [0.15, 0.2) is 0 Å². The van der Waals surface area contributed by atoms with Crippen molar-refractivity contribution in [2.45, 2.75) is 26.3 Å². The zero-order valence-electron chi connectivity index (χ0n) is 13.8. The summed E-state index contributed by atoms with van der Waals surface area (Å²) in [6, 6.07) is 12.4. The van der Waals surface area contributed by atoms with E-state index < -0.39 is 0 Å². The second-order valence-electron chi connectivity index (χ2n) is 6.32. The predicted octanol–water partition coefficient (Wildman–Crippen LogP) is 2.58. The molecule has 1 aromatic carbocycles. The highest BCUT2D eigenvalue weighted by Gasteiger charge is 2.25. The number of hydrogen-bond donors (Lipinski definition) is 1. The predicted molar refractivity (Wildman–Crippen MR) is 91.0 cm³/mol. The van der Waals surface area contributed by atoms with E-state index in [9.17, 15) is 4.79 Å². The van der Waals surface area contributed by atoms with Crippen molar-refractivity contribution in [2.75, 3.05) is 18.4 Å². The van der Waals surface area contributed by atoms with Gasteiger partial charge in [-0.1, -0.05) is 30.3 Å². The highest BCUT2D eigenvalue weighted by molar-refractivity contribution is 5.91. The van der Waals surface area contributed by atoms with Crippen LogP contribution >= 0.6 is 0 Å². The van der Waals surface area contributed by atoms with Crippen LogP contribution in [-0.4, -0.2) is 33.7 Å². The van der Waals surface area contributed by atoms with E-state index in [1.54, 1.807) is 4.68 Å². The summed E-state index contributed by atoms with van der Waals surface area (Å²) in [5.41, 5.74) is 2.25. The molecule has 1 N–H and O–H groups in total. The van der Waals surface area contributed by atoms with Crippen molar-refractivity contribution in [1.82, 2.24) is 14.7 Å². The summed E-state index contributed by atoms with van der Waals surface area (Å²) >= 11 is 0. The van der Waals surface area contributed by atoms with Crippen LogP contribution in [0.15, 0.2) is 36.4 Å². The molecule has 0 spiro atoms. The zero-order valence-corrected chi connectivity index (χ0v) is 13.8. The quantitative estimate of drug-likeness (QED) is 0.944. The molecule has 2 heterocycles. The van der Waals surface area contributed by atoms with Crippen LogP contribution in [0.4, 0.5) is 5.82 Å². The molecule has 1 amide bonds. The maximum atomic E-state index is 12.4. The third-order valence-electron chi connectivity index (χ3n) is 4.46. The molecule has 0 bridgehead atoms. The summed E-state index contributed by atoms with van der Waals surface area (Å²) < 4.78 is 1.72. The first-order valence-corrected chi connectivity index (χ1v) is 8.19. The smallest absolute Gasteiger partial charge is 0.228 e. The molecule has 1 aliphatic heterocycles. The lowest BCUT2D eigenvalue weighted by Crippen LogP contribution is -2.38. The molecule has 0 saturated carbocycles. The summed E-state index contributed by atoms with van der Waals surface area (Å²) in [7, 11) is 1.85. The molecular weight excluding hydrogens is 288 g/mol. The van der Waals surface area contributed by atoms with Gasteiger partial charge < -0.3 is 5.32 Å². The van der Waals surface area contributed by atoms with Crippen molar-refractivity contribution < 1.29 is 4.79 Å². The van der Waals surface area contributed by atoms with Gasteiger partial charge in [-0.05, 0) is 38.4 Å². The SMILES string of the molecule is Cc1cc(NC(=O)C2CCN(Cc3ccccc3)CC2)n(C)n1. The van der Waals surface area contributed by atoms with Gasteiger partial charge in [0.1, 0.15) is 5.82 Å². The Bertz CT molecular complexity index is 657. The number of carbonyl (C=O) groups excluding carboxylic acids is 1. The first-order chi connectivity index (χ1) is 11.1. The Morgan fingerprint density at radius 2 is 1.96 bits per heavy atom. The van der Waals surface area contributed by atoms with E-state index in [-0.39, 0.29) is 11.8 Å². The summed E-state index contributed by atoms with van der Waals surface area (Å²) in [6.45, 7) is 4.84. The molecule has 2 aromatic rings. The molecule has 23 heavy (non-hydrogen) atoms. The number of benzene rings is 1. The van der Waals surface area contributed by atoms with Gasteiger partial charge in [-0.25, -0.2) is 0 Å². The molecule has 5 nitrogen and oxygen atoms in total. The van der Waals surface area contributed by atoms with E-state index in [2.05, 4.69) is 39.6 Å². The fourth-order valence-corrected chi connectivity index (χ4v) is 3.15. The van der Waals surface area contributed by atoms with Crippen molar-refractivity contribution in [2.24, 2.45) is 13.0 Å². The number of anilines is 1. The maximum Gasteiger partial charge on any atom is 0.228 e. The Morgan fingerprint density at radius 1 is 1.26 bits per heavy atom. The lowest BCUT2D eigenvalue weighted by molar-refractivity contribution is -0.121. The minimum Gasteiger partial charge on any atom is -0.311 e. The van der Waals surface area contributed by atoms with Crippen molar-refractivity contribution in [3.8, 4) is 0 Å². The van der Waals surface area contributed by atoms with Gasteiger partial charge in [0.2, 0.25) is 5.91 Å². The summed E-state index contributed by atoms with van der Waals surface area (Å²) in [6.07, 6.45) is 1.82. The third kappa shape index (κ3) is 3.99. The Hall–Kier alpha value is -2.14. The number of likely N-dealkylation sites (tertiary alicyclic amines) is 1. The fraction of sp³-hybridized carbons (Fsp3) is 0.444. The van der Waals surface area contributed by atoms with Gasteiger partial charge in [-0.2, -0.15) is 5.10 Å². The lowest BCUT2D eigenvalue weighted by atomic mass is 9.95. The molecule has 1 aromatic heterocycles. The first kappa shape index (κ1) is 15.7. The Kier molecular flexibility index (Phi) is 4.76. The number of hydrogen-bond acceptors (Lipinski definition) is 3. The van der Waals surface area contributed by atoms with Crippen LogP contribution in [0.1, 0.15) is 24.1 Å². The summed E-state index contributed by atoms with van der Waals surface area (Å²) in [4.78, 5) is 14.8. The van der Waals surface area contributed by atoms with Crippen molar-refractivity contribution >= 4 is 11.7 Å². The molecule has 0 radical (unpaired) electrons. The number of carbonyl (C=O) groups is 1. The standard InChI is InChI=1S/C18H24N4O/c1-14-12-17(21(2)20-14)19-18(23)16-8-10-22(11-9-16)13-15-6-4-3-5-7-15/h3-7,12,16H,8-11,13H2,1-2H3,(H,19,23). The molecule has 1 fully saturated rings. The maximum absolute atomic E-state index is 12.4. The lowest BCUT2D eigenvalue weighted by Gasteiger charge is -2.31. The van der Waals surface area contributed by atoms with Crippen molar-refractivity contribution in [3.63, 3.8) is 0 Å². The van der Waals surface area contributed by atoms with E-state index in [1.165, 1.54) is 5.56 Å². The highest BCUT2D eigenvalue weighted by Crippen LogP contribution is 2.21. The Morgan fingerprint density at radius 3 is 2.57 bits per heavy atom. The molecule has 3 rings (SSSR count). The van der Waals surface area contributed by atoms with Crippen LogP contribution in [0.3, 0.4) is 0 Å². The average Bonchev–Trinajstić information content (AvgIpc) is 2.86. The third-order valence-corrected chi connectivity index (χ3v) is 4.46. The van der Waals surface area contributed by atoms with Crippen molar-refractivity contribution in [3.05, 3.63) is 47.7 Å². The average molecular weight is 312 g/mol. The Balaban J connectivity index is 1.50. The number of piperidine rings is 1. The van der Waals surface area contributed by atoms with Crippen LogP contribution in [0, 0.1) is 12.8 Å². The van der Waals surface area contributed by atoms with Crippen LogP contribution in [0.25, 0.3) is 0 Å². The number of rotatable bonds is 4. The molecule has 1 aliphatic rings. The normalized spacial score (nSPS) is 16.4. The summed E-state index contributed by atoms with van der Waals surface area (Å²) in [5, 5.41) is 7.27. The van der Waals surface area contributed by atoms with Gasteiger partial charge in [-0.3, -0.25) is 14.4 Å². The molecule has 5 heteroatoms. The molecule has 0 atom stereocenters. The number of aromatic nitrogens is 2. The van der Waals surface area contributed by atoms with Gasteiger partial charge in [0.05, 0.1) is 5.69 Å². The first-order valence-electron chi connectivity index (χ1n) is 8.19. The topological polar surface area (TPSA) is 50.2 Å². The van der Waals surface area contributed by atoms with Crippen molar-refractivity contribution in [1.29, 1.82) is 0 Å². The van der Waals surface area contributed by atoms with E-state index >= 15 is 0 Å². The number of nitrogens with one attached hydrogen (secondary N) is 1. The minimum absolute atomic E-state index is 0.0947. The summed E-state index contributed by atoms with van der Waals surface area (Å²) in [5.74, 6) is 0.990. The van der Waals surface area contributed by atoms with Crippen LogP contribution in [0.5, 0.6) is 0 Å². The highest BCUT2D eigenvalue weighted by atomic mass is 16.2. The molecule has 0 unspecified atom stereocenters. The molecule has 0 aliphatic carbocycles. The monoisotopic (exact) mass is 312 g/mol. The van der Waals surface area contributed by atoms with E-state index in [0.717, 1.165) is 44.0 Å². The van der Waals surface area contributed by atoms with Crippen LogP contribution in [0.2, 0.25) is 0 Å². The second kappa shape index (κ2) is 6.96. The van der Waals surface area contributed by atoms with Crippen LogP contribution < -0.4 is 5.32 Å². The van der Waals surface area contributed by atoms with Gasteiger partial charge in [-0.15, -0.1) is 0 Å². The van der Waals surface area contributed by atoms with Crippen LogP contribution in [-0.2, 0) is 18.4 Å². The minimum atomic E-state index is 0.0947. The van der Waals surface area contributed by atoms with E-state index in [4.69, 9.17) is 0 Å². The van der Waals surface area contributed by atoms with Gasteiger partial charge in [0.25, 0.3) is 0 Å². The fourth-order valence-electron chi connectivity index (χ4n) is 3.15. The van der Waals surface area contributed by atoms with Gasteiger partial charge in [0, 0.05) is 25.6 Å². The molecular formula is C18H24N4O. The number of nitrogens with zero attached hydrogens (tertiary/aromatic N) is 3. The number of amides is 1.